The molecule has 8 nitrogen and oxygen atoms in total. The van der Waals surface area contributed by atoms with Gasteiger partial charge in [-0.15, -0.1) is 12.4 Å². The van der Waals surface area contributed by atoms with E-state index in [2.05, 4.69) is 0 Å². The highest BCUT2D eigenvalue weighted by Gasteiger charge is 2.36. The van der Waals surface area contributed by atoms with Gasteiger partial charge < -0.3 is 19.1 Å². The van der Waals surface area contributed by atoms with E-state index in [9.17, 15) is 14.7 Å². The van der Waals surface area contributed by atoms with Gasteiger partial charge in [0.15, 0.2) is 10.8 Å². The van der Waals surface area contributed by atoms with Gasteiger partial charge in [0, 0.05) is 25.8 Å². The van der Waals surface area contributed by atoms with E-state index in [1.54, 1.807) is 29.2 Å². The van der Waals surface area contributed by atoms with Crippen LogP contribution in [0.15, 0.2) is 39.6 Å². The number of rotatable bonds is 7. The third-order valence-electron chi connectivity index (χ3n) is 4.54. The van der Waals surface area contributed by atoms with Gasteiger partial charge in [-0.05, 0) is 0 Å². The van der Waals surface area contributed by atoms with E-state index in [-0.39, 0.29) is 29.7 Å². The molecule has 2 aromatic rings. The first-order valence-corrected chi connectivity index (χ1v) is 8.93. The van der Waals surface area contributed by atoms with Gasteiger partial charge in [-0.3, -0.25) is 14.5 Å². The van der Waals surface area contributed by atoms with E-state index in [1.165, 1.54) is 7.11 Å². The average Bonchev–Trinajstić information content (AvgIpc) is 2.97. The minimum atomic E-state index is -1.03. The molecule has 1 saturated heterocycles. The fourth-order valence-electron chi connectivity index (χ4n) is 3.16. The van der Waals surface area contributed by atoms with E-state index in [4.69, 9.17) is 25.6 Å². The Morgan fingerprint density at radius 3 is 2.50 bits per heavy atom. The summed E-state index contributed by atoms with van der Waals surface area (Å²) in [6.07, 6.45) is -0.802. The van der Waals surface area contributed by atoms with E-state index in [1.807, 2.05) is 6.07 Å². The second kappa shape index (κ2) is 10.1. The molecule has 28 heavy (non-hydrogen) atoms. The quantitative estimate of drug-likeness (QED) is 0.714. The molecule has 0 spiro atoms. The molecular formula is C18H22Cl2N2O6. The number of hydrogen-bond acceptors (Lipinski definition) is 6. The van der Waals surface area contributed by atoms with Crippen LogP contribution in [-0.4, -0.2) is 66.3 Å². The summed E-state index contributed by atoms with van der Waals surface area (Å²) in [5.74, 6) is -0.784. The molecule has 1 aliphatic heterocycles. The van der Waals surface area contributed by atoms with Crippen LogP contribution >= 0.6 is 24.0 Å². The number of methoxy groups -OCH3 is 1. The van der Waals surface area contributed by atoms with Crippen LogP contribution in [0, 0.1) is 0 Å². The minimum absolute atomic E-state index is 0. The second-order valence-electron chi connectivity index (χ2n) is 6.17. The summed E-state index contributed by atoms with van der Waals surface area (Å²) in [5, 5.41) is 9.66. The van der Waals surface area contributed by atoms with Gasteiger partial charge in [0.05, 0.1) is 19.8 Å². The monoisotopic (exact) mass is 432 g/mol. The third kappa shape index (κ3) is 4.76. The number of ether oxygens (including phenoxy) is 2. The Bertz CT molecular complexity index is 832. The first-order valence-electron chi connectivity index (χ1n) is 8.55. The fourth-order valence-corrected chi connectivity index (χ4v) is 3.40. The van der Waals surface area contributed by atoms with Crippen molar-refractivity contribution in [2.75, 3.05) is 33.4 Å². The molecule has 154 valence electrons. The van der Waals surface area contributed by atoms with Crippen molar-refractivity contribution in [3.63, 3.8) is 0 Å². The Labute approximate surface area is 173 Å². The SMILES string of the molecule is COC(Cn1oc(-c2ccccc2)c(Cl)c1=O)C(C(=O)O)N1CCOCC1.Cl. The number of hydrogen-bond donors (Lipinski definition) is 1. The van der Waals surface area contributed by atoms with Gasteiger partial charge in [0.2, 0.25) is 0 Å². The summed E-state index contributed by atoms with van der Waals surface area (Å²) >= 11 is 6.15. The van der Waals surface area contributed by atoms with Crippen LogP contribution in [0.3, 0.4) is 0 Å². The summed E-state index contributed by atoms with van der Waals surface area (Å²) in [6.45, 7) is 1.77. The van der Waals surface area contributed by atoms with Crippen molar-refractivity contribution in [1.82, 2.24) is 9.64 Å². The maximum absolute atomic E-state index is 12.5. The van der Waals surface area contributed by atoms with E-state index >= 15 is 0 Å². The topological polar surface area (TPSA) is 94.1 Å². The van der Waals surface area contributed by atoms with Crippen LogP contribution in [-0.2, 0) is 20.8 Å². The molecule has 10 heteroatoms. The van der Waals surface area contributed by atoms with Crippen LogP contribution in [0.5, 0.6) is 0 Å². The summed E-state index contributed by atoms with van der Waals surface area (Å²) in [6, 6.07) is 8.06. The molecule has 0 bridgehead atoms. The second-order valence-corrected chi connectivity index (χ2v) is 6.55. The third-order valence-corrected chi connectivity index (χ3v) is 4.88. The van der Waals surface area contributed by atoms with Gasteiger partial charge in [-0.25, -0.2) is 0 Å². The van der Waals surface area contributed by atoms with Gasteiger partial charge in [-0.1, -0.05) is 41.9 Å². The molecule has 1 fully saturated rings. The number of aliphatic carboxylic acids is 1. The van der Waals surface area contributed by atoms with E-state index in [0.717, 1.165) is 4.74 Å². The number of carboxylic acid groups (broad SMARTS) is 1. The number of halogens is 2. The van der Waals surface area contributed by atoms with Gasteiger partial charge in [0.25, 0.3) is 0 Å². The number of carboxylic acids is 1. The van der Waals surface area contributed by atoms with Crippen LogP contribution in [0.2, 0.25) is 5.02 Å². The number of aromatic nitrogens is 1. The smallest absolute Gasteiger partial charge is 0.323 e. The van der Waals surface area contributed by atoms with Crippen molar-refractivity contribution >= 4 is 30.0 Å². The summed E-state index contributed by atoms with van der Waals surface area (Å²) in [7, 11) is 1.41. The van der Waals surface area contributed by atoms with Gasteiger partial charge in [0.1, 0.15) is 12.1 Å². The Hall–Kier alpha value is -1.84. The molecule has 0 amide bonds. The maximum Gasteiger partial charge on any atom is 0.323 e. The molecule has 2 atom stereocenters. The lowest BCUT2D eigenvalue weighted by Gasteiger charge is -2.35. The molecule has 1 aliphatic rings. The van der Waals surface area contributed by atoms with Crippen molar-refractivity contribution in [3.05, 3.63) is 45.7 Å². The summed E-state index contributed by atoms with van der Waals surface area (Å²) < 4.78 is 17.4. The highest BCUT2D eigenvalue weighted by Crippen LogP contribution is 2.26. The standard InChI is InChI=1S/C18H21ClN2O6.ClH/c1-25-13(15(18(23)24)20-7-9-26-10-8-20)11-21-17(22)14(19)16(27-21)12-5-3-2-4-6-12;/h2-6,13,15H,7-11H2,1H3,(H,23,24);1H. The van der Waals surface area contributed by atoms with E-state index in [0.29, 0.717) is 31.9 Å². The zero-order valence-electron chi connectivity index (χ0n) is 15.2. The predicted octanol–water partition coefficient (Wildman–Crippen LogP) is 1.98. The Morgan fingerprint density at radius 1 is 1.29 bits per heavy atom. The molecule has 1 N–H and O–H groups in total. The average molecular weight is 433 g/mol. The first-order chi connectivity index (χ1) is 13.0. The highest BCUT2D eigenvalue weighted by molar-refractivity contribution is 6.32. The van der Waals surface area contributed by atoms with Crippen LogP contribution in [0.4, 0.5) is 0 Å². The zero-order valence-corrected chi connectivity index (χ0v) is 16.8. The maximum atomic E-state index is 12.5. The summed E-state index contributed by atoms with van der Waals surface area (Å²) in [4.78, 5) is 26.1. The normalized spacial score (nSPS) is 16.9. The van der Waals surface area contributed by atoms with Crippen molar-refractivity contribution in [3.8, 4) is 11.3 Å². The molecule has 2 unspecified atom stereocenters. The lowest BCUT2D eigenvalue weighted by atomic mass is 10.1. The molecular weight excluding hydrogens is 411 g/mol. The summed E-state index contributed by atoms with van der Waals surface area (Å²) in [5.41, 5.74) is 0.138. The Morgan fingerprint density at radius 2 is 1.93 bits per heavy atom. The predicted molar refractivity (Wildman–Crippen MR) is 105 cm³/mol. The van der Waals surface area contributed by atoms with Gasteiger partial charge >= 0.3 is 11.5 Å². The number of carbonyl (C=O) groups is 1. The molecule has 2 heterocycles. The van der Waals surface area contributed by atoms with Crippen LogP contribution in [0.25, 0.3) is 11.3 Å². The Balaban J connectivity index is 0.00000280. The number of nitrogens with zero attached hydrogens (tertiary/aromatic N) is 2. The largest absolute Gasteiger partial charge is 0.480 e. The number of benzene rings is 1. The molecule has 0 aliphatic carbocycles. The lowest BCUT2D eigenvalue weighted by Crippen LogP contribution is -2.55. The molecule has 0 radical (unpaired) electrons. The number of morpholine rings is 1. The van der Waals surface area contributed by atoms with Crippen LogP contribution in [0.1, 0.15) is 0 Å². The lowest BCUT2D eigenvalue weighted by molar-refractivity contribution is -0.152. The zero-order chi connectivity index (χ0) is 19.4. The molecule has 1 aromatic heterocycles. The molecule has 0 saturated carbocycles. The fraction of sp³-hybridized carbons (Fsp3) is 0.444. The van der Waals surface area contributed by atoms with Crippen molar-refractivity contribution < 1.29 is 23.9 Å². The Kier molecular flexibility index (Phi) is 8.09. The first kappa shape index (κ1) is 22.4. The van der Waals surface area contributed by atoms with Crippen LogP contribution < -0.4 is 5.56 Å². The molecule has 3 rings (SSSR count). The van der Waals surface area contributed by atoms with Crippen molar-refractivity contribution in [1.29, 1.82) is 0 Å². The van der Waals surface area contributed by atoms with Gasteiger partial charge in [-0.2, -0.15) is 4.74 Å². The highest BCUT2D eigenvalue weighted by atomic mass is 35.5. The minimum Gasteiger partial charge on any atom is -0.480 e. The van der Waals surface area contributed by atoms with Crippen molar-refractivity contribution in [2.24, 2.45) is 0 Å². The van der Waals surface area contributed by atoms with E-state index < -0.39 is 23.7 Å². The van der Waals surface area contributed by atoms with Crippen molar-refractivity contribution in [2.45, 2.75) is 18.7 Å². The molecule has 1 aromatic carbocycles.